The van der Waals surface area contributed by atoms with E-state index in [1.54, 1.807) is 6.92 Å². The maximum atomic E-state index is 11.3. The van der Waals surface area contributed by atoms with Crippen molar-refractivity contribution < 1.29 is 57.4 Å². The van der Waals surface area contributed by atoms with Gasteiger partial charge in [0.15, 0.2) is 0 Å². The van der Waals surface area contributed by atoms with Crippen LogP contribution in [0.15, 0.2) is 12.2 Å². The molecule has 0 saturated heterocycles. The average Bonchev–Trinajstić information content (AvgIpc) is 2.89. The van der Waals surface area contributed by atoms with Gasteiger partial charge in [0.2, 0.25) is 5.91 Å². The van der Waals surface area contributed by atoms with Gasteiger partial charge in [0.05, 0.1) is 92.3 Å². The normalized spacial score (nSPS) is 10.9. The van der Waals surface area contributed by atoms with E-state index in [9.17, 15) is 14.4 Å². The highest BCUT2D eigenvalue weighted by molar-refractivity contribution is 5.86. The molecule has 13 nitrogen and oxygen atoms in total. The van der Waals surface area contributed by atoms with Gasteiger partial charge in [-0.25, -0.2) is 4.79 Å². The summed E-state index contributed by atoms with van der Waals surface area (Å²) in [6, 6.07) is 0. The fourth-order valence-corrected chi connectivity index (χ4v) is 2.45. The van der Waals surface area contributed by atoms with Crippen LogP contribution in [0.2, 0.25) is 0 Å². The minimum Gasteiger partial charge on any atom is -0.481 e. The summed E-state index contributed by atoms with van der Waals surface area (Å²) < 4.78 is 42.6. The lowest BCUT2D eigenvalue weighted by Crippen LogP contribution is -2.25. The molecule has 38 heavy (non-hydrogen) atoms. The number of amides is 1. The Morgan fingerprint density at radius 2 is 0.974 bits per heavy atom. The second-order valence-electron chi connectivity index (χ2n) is 7.80. The third kappa shape index (κ3) is 28.4. The van der Waals surface area contributed by atoms with E-state index >= 15 is 0 Å². The lowest BCUT2D eigenvalue weighted by Gasteiger charge is -2.09. The molecule has 0 unspecified atom stereocenters. The van der Waals surface area contributed by atoms with Gasteiger partial charge >= 0.3 is 11.9 Å². The standard InChI is InChI=1S/C25H45NO12/c1-22(2)25(30)38-21-20-37-19-18-36-17-16-35-15-14-34-13-12-33-11-10-32-9-8-31-7-3-6-26-23(27)4-5-24(28)29/h1,3-21H2,2H3,(H,26,27)(H,28,29). The molecule has 0 aliphatic carbocycles. The summed E-state index contributed by atoms with van der Waals surface area (Å²) in [5, 5.41) is 11.1. The molecule has 0 radical (unpaired) electrons. The van der Waals surface area contributed by atoms with Crippen molar-refractivity contribution in [2.75, 3.05) is 106 Å². The Morgan fingerprint density at radius 1 is 0.605 bits per heavy atom. The molecular formula is C25H45NO12. The maximum absolute atomic E-state index is 11.3. The molecular weight excluding hydrogens is 506 g/mol. The molecule has 222 valence electrons. The molecule has 13 heteroatoms. The molecule has 2 N–H and O–H groups in total. The predicted molar refractivity (Wildman–Crippen MR) is 136 cm³/mol. The fourth-order valence-electron chi connectivity index (χ4n) is 2.45. The van der Waals surface area contributed by atoms with E-state index in [0.717, 1.165) is 0 Å². The van der Waals surface area contributed by atoms with E-state index in [0.29, 0.717) is 111 Å². The van der Waals surface area contributed by atoms with Crippen LogP contribution < -0.4 is 5.32 Å². The van der Waals surface area contributed by atoms with Gasteiger partial charge in [0, 0.05) is 25.1 Å². The SMILES string of the molecule is C=C(C)C(=O)OCCOCCOCCOCCOCCOCCOCCOCCCNC(=O)CCC(=O)O. The molecule has 1 amide bonds. The second kappa shape index (κ2) is 27.9. The minimum absolute atomic E-state index is 0.0119. The van der Waals surface area contributed by atoms with Gasteiger partial charge in [-0.3, -0.25) is 9.59 Å². The van der Waals surface area contributed by atoms with Crippen molar-refractivity contribution in [1.29, 1.82) is 0 Å². The number of hydrogen-bond donors (Lipinski definition) is 2. The number of hydrogen-bond acceptors (Lipinski definition) is 11. The van der Waals surface area contributed by atoms with Gasteiger partial charge in [0.1, 0.15) is 6.61 Å². The first kappa shape index (κ1) is 35.9. The van der Waals surface area contributed by atoms with Crippen LogP contribution in [-0.4, -0.2) is 129 Å². The summed E-state index contributed by atoms with van der Waals surface area (Å²) in [6.45, 7) is 12.0. The molecule has 0 fully saturated rings. The average molecular weight is 552 g/mol. The van der Waals surface area contributed by atoms with Crippen molar-refractivity contribution in [3.63, 3.8) is 0 Å². The number of carbonyl (C=O) groups is 3. The van der Waals surface area contributed by atoms with Gasteiger partial charge in [0.25, 0.3) is 0 Å². The van der Waals surface area contributed by atoms with Crippen molar-refractivity contribution in [3.05, 3.63) is 12.2 Å². The monoisotopic (exact) mass is 551 g/mol. The highest BCUT2D eigenvalue weighted by Crippen LogP contribution is 1.92. The second-order valence-corrected chi connectivity index (χ2v) is 7.80. The minimum atomic E-state index is -0.985. The van der Waals surface area contributed by atoms with Crippen LogP contribution in [0.5, 0.6) is 0 Å². The Labute approximate surface area is 225 Å². The summed E-state index contributed by atoms with van der Waals surface area (Å²) in [4.78, 5) is 32.8. The summed E-state index contributed by atoms with van der Waals surface area (Å²) in [6.07, 6.45) is 0.472. The zero-order valence-corrected chi connectivity index (χ0v) is 22.6. The molecule has 0 aromatic rings. The Hall–Kier alpha value is -2.13. The molecule has 0 aliphatic rings. The predicted octanol–water partition coefficient (Wildman–Crippen LogP) is 0.593. The lowest BCUT2D eigenvalue weighted by molar-refractivity contribution is -0.140. The van der Waals surface area contributed by atoms with E-state index in [4.69, 9.17) is 43.0 Å². The van der Waals surface area contributed by atoms with Crippen molar-refractivity contribution in [2.24, 2.45) is 0 Å². The number of ether oxygens (including phenoxy) is 8. The zero-order chi connectivity index (χ0) is 28.1. The topological polar surface area (TPSA) is 157 Å². The van der Waals surface area contributed by atoms with Gasteiger partial charge in [-0.1, -0.05) is 6.58 Å². The van der Waals surface area contributed by atoms with E-state index < -0.39 is 11.9 Å². The number of nitrogens with one attached hydrogen (secondary N) is 1. The van der Waals surface area contributed by atoms with Crippen molar-refractivity contribution in [3.8, 4) is 0 Å². The number of rotatable bonds is 29. The first-order chi connectivity index (χ1) is 18.4. The van der Waals surface area contributed by atoms with Crippen LogP contribution in [-0.2, 0) is 52.3 Å². The van der Waals surface area contributed by atoms with E-state index in [1.807, 2.05) is 0 Å². The van der Waals surface area contributed by atoms with Crippen molar-refractivity contribution in [1.82, 2.24) is 5.32 Å². The molecule has 0 aliphatic heterocycles. The van der Waals surface area contributed by atoms with Crippen LogP contribution in [0, 0.1) is 0 Å². The molecule has 0 aromatic heterocycles. The van der Waals surface area contributed by atoms with E-state index in [-0.39, 0.29) is 25.4 Å². The van der Waals surface area contributed by atoms with Crippen LogP contribution in [0.25, 0.3) is 0 Å². The molecule has 0 atom stereocenters. The lowest BCUT2D eigenvalue weighted by atomic mass is 10.3. The van der Waals surface area contributed by atoms with Crippen LogP contribution in [0.1, 0.15) is 26.2 Å². The highest BCUT2D eigenvalue weighted by atomic mass is 16.6. The zero-order valence-electron chi connectivity index (χ0n) is 22.6. The van der Waals surface area contributed by atoms with E-state index in [1.165, 1.54) is 0 Å². The molecule has 0 heterocycles. The molecule has 0 aromatic carbocycles. The molecule has 0 rings (SSSR count). The van der Waals surface area contributed by atoms with Crippen molar-refractivity contribution in [2.45, 2.75) is 26.2 Å². The van der Waals surface area contributed by atoms with Gasteiger partial charge < -0.3 is 48.3 Å². The maximum Gasteiger partial charge on any atom is 0.333 e. The third-order valence-electron chi connectivity index (χ3n) is 4.39. The largest absolute Gasteiger partial charge is 0.481 e. The molecule has 0 spiro atoms. The summed E-state index contributed by atoms with van der Waals surface area (Å²) in [7, 11) is 0. The number of carboxylic acid groups (broad SMARTS) is 1. The summed E-state index contributed by atoms with van der Waals surface area (Å²) in [5.74, 6) is -1.68. The Morgan fingerprint density at radius 3 is 1.34 bits per heavy atom. The van der Waals surface area contributed by atoms with Gasteiger partial charge in [-0.2, -0.15) is 0 Å². The number of carboxylic acids is 1. The summed E-state index contributed by atoms with van der Waals surface area (Å²) >= 11 is 0. The van der Waals surface area contributed by atoms with Gasteiger partial charge in [-0.05, 0) is 13.3 Å². The Kier molecular flexibility index (Phi) is 26.3. The number of carbonyl (C=O) groups excluding carboxylic acids is 2. The highest BCUT2D eigenvalue weighted by Gasteiger charge is 2.04. The Bertz CT molecular complexity index is 617. The molecule has 0 saturated carbocycles. The van der Waals surface area contributed by atoms with Crippen LogP contribution in [0.3, 0.4) is 0 Å². The third-order valence-corrected chi connectivity index (χ3v) is 4.39. The quantitative estimate of drug-likeness (QED) is 0.0759. The van der Waals surface area contributed by atoms with E-state index in [2.05, 4.69) is 11.9 Å². The van der Waals surface area contributed by atoms with Crippen molar-refractivity contribution >= 4 is 17.8 Å². The fraction of sp³-hybridized carbons (Fsp3) is 0.800. The summed E-state index contributed by atoms with van der Waals surface area (Å²) in [5.41, 5.74) is 0.362. The Balaban J connectivity index is 3.12. The van der Waals surface area contributed by atoms with Crippen LogP contribution in [0.4, 0.5) is 0 Å². The van der Waals surface area contributed by atoms with Crippen LogP contribution >= 0.6 is 0 Å². The number of esters is 1. The first-order valence-electron chi connectivity index (χ1n) is 12.8. The van der Waals surface area contributed by atoms with Gasteiger partial charge in [-0.15, -0.1) is 0 Å². The smallest absolute Gasteiger partial charge is 0.333 e. The first-order valence-corrected chi connectivity index (χ1v) is 12.8. The molecule has 0 bridgehead atoms. The number of aliphatic carboxylic acids is 1.